The lowest BCUT2D eigenvalue weighted by molar-refractivity contribution is -0.164. The normalized spacial score (nSPS) is 19.1. The van der Waals surface area contributed by atoms with Crippen molar-refractivity contribution in [3.05, 3.63) is 39.9 Å². The number of anilines is 1. The number of rotatable bonds is 3. The van der Waals surface area contributed by atoms with Gasteiger partial charge in [-0.1, -0.05) is 23.2 Å². The quantitative estimate of drug-likeness (QED) is 0.369. The van der Waals surface area contributed by atoms with Crippen molar-refractivity contribution in [2.45, 2.75) is 29.6 Å². The second-order valence-corrected chi connectivity index (χ2v) is 10.7. The van der Waals surface area contributed by atoms with E-state index in [1.54, 1.807) is 5.32 Å². The molecule has 1 unspecified atom stereocenters. The number of fused-ring (bicyclic) bond motifs is 1. The van der Waals surface area contributed by atoms with Crippen LogP contribution >= 0.6 is 23.2 Å². The van der Waals surface area contributed by atoms with E-state index in [2.05, 4.69) is 10.0 Å². The standard InChI is InChI=1S/C21H19Cl2F4N5O5S/c1-9(21(25,26)27)28-18(34)19(35)32-6-20(7-32)8-37-14-13(31(2)16(23)15(14)38(36)30-20)17(33)29-10-3-4-12(24)11(22)5-10/h3-5,9,30H,6-8H2,1-2H3,(H,28,34)(H,29,33)/t9-,38?/m1/s1. The van der Waals surface area contributed by atoms with E-state index in [4.69, 9.17) is 27.9 Å². The minimum Gasteiger partial charge on any atom is -0.488 e. The van der Waals surface area contributed by atoms with Crippen LogP contribution in [0.15, 0.2) is 23.1 Å². The maximum Gasteiger partial charge on any atom is 0.408 e. The van der Waals surface area contributed by atoms with Crippen LogP contribution in [0.2, 0.25) is 10.2 Å². The summed E-state index contributed by atoms with van der Waals surface area (Å²) in [4.78, 5) is 38.2. The van der Waals surface area contributed by atoms with Crippen LogP contribution in [0.4, 0.5) is 23.2 Å². The predicted octanol–water partition coefficient (Wildman–Crippen LogP) is 2.38. The van der Waals surface area contributed by atoms with Crippen LogP contribution in [0.1, 0.15) is 17.4 Å². The van der Waals surface area contributed by atoms with E-state index in [-0.39, 0.29) is 51.9 Å². The Balaban J connectivity index is 1.49. The van der Waals surface area contributed by atoms with Crippen LogP contribution in [-0.2, 0) is 27.6 Å². The summed E-state index contributed by atoms with van der Waals surface area (Å²) in [6.07, 6.45) is -4.72. The van der Waals surface area contributed by atoms with E-state index in [9.17, 15) is 36.2 Å². The van der Waals surface area contributed by atoms with Crippen molar-refractivity contribution in [1.82, 2.24) is 19.5 Å². The van der Waals surface area contributed by atoms with Crippen molar-refractivity contribution in [3.8, 4) is 5.75 Å². The molecule has 3 heterocycles. The van der Waals surface area contributed by atoms with Crippen molar-refractivity contribution < 1.29 is 40.9 Å². The summed E-state index contributed by atoms with van der Waals surface area (Å²) in [5.74, 6) is -4.15. The van der Waals surface area contributed by atoms with E-state index < -0.39 is 52.3 Å². The van der Waals surface area contributed by atoms with Gasteiger partial charge in [-0.3, -0.25) is 14.4 Å². The maximum atomic E-state index is 13.5. The average Bonchev–Trinajstić information content (AvgIpc) is 2.95. The van der Waals surface area contributed by atoms with E-state index in [0.717, 1.165) is 11.0 Å². The first-order valence-corrected chi connectivity index (χ1v) is 12.7. The van der Waals surface area contributed by atoms with E-state index in [1.165, 1.54) is 23.7 Å². The van der Waals surface area contributed by atoms with Gasteiger partial charge in [-0.05, 0) is 25.1 Å². The summed E-state index contributed by atoms with van der Waals surface area (Å²) >= 11 is 12.1. The number of ether oxygens (including phenoxy) is 1. The molecule has 206 valence electrons. The molecule has 1 fully saturated rings. The topological polar surface area (TPSA) is 122 Å². The molecule has 3 amide bonds. The summed E-state index contributed by atoms with van der Waals surface area (Å²) in [5.41, 5.74) is -1.07. The molecule has 0 saturated carbocycles. The maximum absolute atomic E-state index is 13.5. The van der Waals surface area contributed by atoms with E-state index in [0.29, 0.717) is 6.92 Å². The Morgan fingerprint density at radius 1 is 1.24 bits per heavy atom. The Morgan fingerprint density at radius 3 is 2.50 bits per heavy atom. The number of likely N-dealkylation sites (tertiary alicyclic amines) is 1. The van der Waals surface area contributed by atoms with Crippen LogP contribution < -0.4 is 20.1 Å². The number of halogens is 6. The summed E-state index contributed by atoms with van der Waals surface area (Å²) in [7, 11) is -0.612. The lowest BCUT2D eigenvalue weighted by Gasteiger charge is -2.48. The predicted molar refractivity (Wildman–Crippen MR) is 128 cm³/mol. The van der Waals surface area contributed by atoms with Crippen LogP contribution in [0.25, 0.3) is 0 Å². The molecular formula is C21H19Cl2F4N5O5S. The van der Waals surface area contributed by atoms with Crippen LogP contribution in [0.5, 0.6) is 5.75 Å². The first-order valence-electron chi connectivity index (χ1n) is 10.8. The summed E-state index contributed by atoms with van der Waals surface area (Å²) < 4.78 is 74.5. The van der Waals surface area contributed by atoms with Crippen LogP contribution in [0, 0.1) is 5.82 Å². The highest BCUT2D eigenvalue weighted by Crippen LogP contribution is 2.40. The number of hydrogen-bond donors (Lipinski definition) is 3. The fourth-order valence-corrected chi connectivity index (χ4v) is 5.73. The molecule has 2 atom stereocenters. The molecule has 0 bridgehead atoms. The lowest BCUT2D eigenvalue weighted by atomic mass is 9.92. The number of alkyl halides is 3. The Bertz CT molecular complexity index is 1360. The monoisotopic (exact) mass is 599 g/mol. The molecule has 10 nitrogen and oxygen atoms in total. The third-order valence-corrected chi connectivity index (χ3v) is 8.14. The van der Waals surface area contributed by atoms with Gasteiger partial charge in [0.15, 0.2) is 11.4 Å². The zero-order valence-electron chi connectivity index (χ0n) is 19.5. The average molecular weight is 600 g/mol. The molecule has 38 heavy (non-hydrogen) atoms. The lowest BCUT2D eigenvalue weighted by Crippen LogP contribution is -2.73. The molecule has 1 aromatic heterocycles. The molecule has 2 aliphatic rings. The number of amides is 3. The van der Waals surface area contributed by atoms with Crippen LogP contribution in [0.3, 0.4) is 0 Å². The van der Waals surface area contributed by atoms with Gasteiger partial charge in [-0.25, -0.2) is 13.3 Å². The summed E-state index contributed by atoms with van der Waals surface area (Å²) in [6, 6.07) is 1.31. The van der Waals surface area contributed by atoms with Gasteiger partial charge in [-0.2, -0.15) is 13.2 Å². The second-order valence-electron chi connectivity index (χ2n) is 8.78. The molecule has 1 spiro atoms. The van der Waals surface area contributed by atoms with E-state index in [1.807, 2.05) is 0 Å². The van der Waals surface area contributed by atoms with Gasteiger partial charge in [-0.15, -0.1) is 0 Å². The molecule has 2 aromatic rings. The largest absolute Gasteiger partial charge is 0.488 e. The molecule has 4 rings (SSSR count). The number of carbonyl (C=O) groups is 3. The van der Waals surface area contributed by atoms with E-state index >= 15 is 0 Å². The van der Waals surface area contributed by atoms with Crippen LogP contribution in [-0.4, -0.2) is 68.9 Å². The first-order chi connectivity index (χ1) is 17.6. The molecule has 1 aromatic carbocycles. The van der Waals surface area contributed by atoms with Gasteiger partial charge >= 0.3 is 18.0 Å². The molecule has 0 aliphatic carbocycles. The highest BCUT2D eigenvalue weighted by Gasteiger charge is 2.51. The number of nitrogens with zero attached hydrogens (tertiary/aromatic N) is 2. The number of carbonyl (C=O) groups excluding carboxylic acids is 3. The zero-order chi connectivity index (χ0) is 28.2. The molecule has 1 saturated heterocycles. The number of nitrogens with one attached hydrogen (secondary N) is 3. The summed E-state index contributed by atoms with van der Waals surface area (Å²) in [5, 5.41) is 3.81. The third-order valence-electron chi connectivity index (χ3n) is 5.93. The van der Waals surface area contributed by atoms with Crippen molar-refractivity contribution in [3.63, 3.8) is 0 Å². The molecule has 0 radical (unpaired) electrons. The smallest absolute Gasteiger partial charge is 0.408 e. The minimum absolute atomic E-state index is 0.0464. The summed E-state index contributed by atoms with van der Waals surface area (Å²) in [6.45, 7) is 0.0507. The Hall–Kier alpha value is -2.88. The third kappa shape index (κ3) is 5.19. The zero-order valence-corrected chi connectivity index (χ0v) is 21.9. The Labute approximate surface area is 225 Å². The fourth-order valence-electron chi connectivity index (χ4n) is 3.87. The molecule has 2 aliphatic heterocycles. The Kier molecular flexibility index (Phi) is 7.42. The van der Waals surface area contributed by atoms with Gasteiger partial charge < -0.3 is 24.8 Å². The Morgan fingerprint density at radius 2 is 1.89 bits per heavy atom. The van der Waals surface area contributed by atoms with Crippen molar-refractivity contribution in [2.75, 3.05) is 25.0 Å². The van der Waals surface area contributed by atoms with Crippen molar-refractivity contribution >= 4 is 57.6 Å². The highest BCUT2D eigenvalue weighted by molar-refractivity contribution is 7.83. The second kappa shape index (κ2) is 10.0. The fraction of sp³-hybridized carbons (Fsp3) is 0.381. The first kappa shape index (κ1) is 28.1. The van der Waals surface area contributed by atoms with Gasteiger partial charge in [0.25, 0.3) is 5.91 Å². The van der Waals surface area contributed by atoms with Gasteiger partial charge in [0.2, 0.25) is 0 Å². The molecular weight excluding hydrogens is 581 g/mol. The molecule has 3 N–H and O–H groups in total. The highest BCUT2D eigenvalue weighted by atomic mass is 35.5. The number of hydrogen-bond acceptors (Lipinski definition) is 5. The SMILES string of the molecule is C[C@@H](NC(=O)C(=O)N1CC2(COc3c(c(Cl)n(C)c3C(=O)Nc3ccc(F)c(Cl)c3)S(=O)N2)C1)C(F)(F)F. The number of benzene rings is 1. The number of aromatic nitrogens is 1. The van der Waals surface area contributed by atoms with Gasteiger partial charge in [0.1, 0.15) is 39.5 Å². The van der Waals surface area contributed by atoms with Gasteiger partial charge in [0.05, 0.1) is 10.6 Å². The van der Waals surface area contributed by atoms with Gasteiger partial charge in [0, 0.05) is 25.8 Å². The van der Waals surface area contributed by atoms with Crippen molar-refractivity contribution in [2.24, 2.45) is 7.05 Å². The minimum atomic E-state index is -4.72. The van der Waals surface area contributed by atoms with Crippen molar-refractivity contribution in [1.29, 1.82) is 0 Å². The molecule has 17 heteroatoms.